The molecule has 0 spiro atoms. The molecule has 7 heteroatoms. The second-order valence-corrected chi connectivity index (χ2v) is 8.11. The quantitative estimate of drug-likeness (QED) is 0.847. The number of hydrogen-bond acceptors (Lipinski definition) is 4. The lowest BCUT2D eigenvalue weighted by atomic mass is 9.91. The Kier molecular flexibility index (Phi) is 5.87. The number of carboxylic acid groups (broad SMARTS) is 1. The monoisotopic (exact) mass is 374 g/mol. The van der Waals surface area contributed by atoms with Crippen LogP contribution in [0.25, 0.3) is 0 Å². The Morgan fingerprint density at radius 2 is 2.04 bits per heavy atom. The fraction of sp³-hybridized carbons (Fsp3) is 0.650. The molecule has 2 N–H and O–H groups in total. The van der Waals surface area contributed by atoms with Crippen LogP contribution < -0.4 is 10.2 Å². The first kappa shape index (κ1) is 19.5. The summed E-state index contributed by atoms with van der Waals surface area (Å²) in [7, 11) is 0. The van der Waals surface area contributed by atoms with Crippen LogP contribution in [0.2, 0.25) is 0 Å². The molecule has 2 saturated heterocycles. The summed E-state index contributed by atoms with van der Waals surface area (Å²) in [6.45, 7) is 8.07. The Morgan fingerprint density at radius 3 is 2.70 bits per heavy atom. The van der Waals surface area contributed by atoms with E-state index >= 15 is 0 Å². The van der Waals surface area contributed by atoms with E-state index in [2.05, 4.69) is 22.1 Å². The number of aryl methyl sites for hydroxylation is 1. The lowest BCUT2D eigenvalue weighted by Crippen LogP contribution is -2.47. The number of carbonyl (C=O) groups excluding carboxylic acids is 1. The predicted molar refractivity (Wildman–Crippen MR) is 105 cm³/mol. The molecule has 3 atom stereocenters. The zero-order chi connectivity index (χ0) is 19.6. The number of nitrogens with zero attached hydrogens (tertiary/aromatic N) is 3. The third-order valence-corrected chi connectivity index (χ3v) is 5.67. The van der Waals surface area contributed by atoms with E-state index in [-0.39, 0.29) is 18.5 Å². The molecule has 0 aromatic carbocycles. The number of pyridine rings is 1. The van der Waals surface area contributed by atoms with Crippen LogP contribution in [0.4, 0.5) is 16.3 Å². The maximum atomic E-state index is 12.6. The van der Waals surface area contributed by atoms with Gasteiger partial charge in [-0.1, -0.05) is 6.92 Å². The Balaban J connectivity index is 1.67. The number of amides is 2. The highest BCUT2D eigenvalue weighted by Crippen LogP contribution is 2.28. The van der Waals surface area contributed by atoms with Gasteiger partial charge in [-0.05, 0) is 57.1 Å². The first-order chi connectivity index (χ1) is 12.8. The SMILES string of the molecule is Cc1cc(NC(=O)N2CC(C)CC(C(=O)O)C2)cnc1N1CCCCC1C. The van der Waals surface area contributed by atoms with Gasteiger partial charge in [0.25, 0.3) is 0 Å². The van der Waals surface area contributed by atoms with Crippen molar-refractivity contribution in [2.75, 3.05) is 29.9 Å². The minimum atomic E-state index is -0.836. The Bertz CT molecular complexity index is 708. The van der Waals surface area contributed by atoms with Gasteiger partial charge in [-0.15, -0.1) is 0 Å². The van der Waals surface area contributed by atoms with Crippen molar-refractivity contribution in [3.8, 4) is 0 Å². The molecule has 0 bridgehead atoms. The van der Waals surface area contributed by atoms with E-state index in [0.29, 0.717) is 24.7 Å². The Morgan fingerprint density at radius 1 is 1.26 bits per heavy atom. The second-order valence-electron chi connectivity index (χ2n) is 8.11. The molecule has 2 aliphatic heterocycles. The van der Waals surface area contributed by atoms with Gasteiger partial charge >= 0.3 is 12.0 Å². The standard InChI is InChI=1S/C20H30N4O3/c1-13-8-16(19(25)26)12-23(11-13)20(27)22-17-9-14(2)18(21-10-17)24-7-5-4-6-15(24)3/h9-10,13,15-16H,4-8,11-12H2,1-3H3,(H,22,27)(H,25,26). The fourth-order valence-corrected chi connectivity index (χ4v) is 4.25. The van der Waals surface area contributed by atoms with Gasteiger partial charge in [-0.3, -0.25) is 4.79 Å². The van der Waals surface area contributed by atoms with Gasteiger partial charge in [0.15, 0.2) is 0 Å². The molecular formula is C20H30N4O3. The summed E-state index contributed by atoms with van der Waals surface area (Å²) in [5.41, 5.74) is 1.69. The van der Waals surface area contributed by atoms with E-state index in [1.54, 1.807) is 11.1 Å². The van der Waals surface area contributed by atoms with Crippen molar-refractivity contribution < 1.29 is 14.7 Å². The molecule has 1 aromatic heterocycles. The molecule has 1 aromatic rings. The van der Waals surface area contributed by atoms with Crippen molar-refractivity contribution in [1.82, 2.24) is 9.88 Å². The summed E-state index contributed by atoms with van der Waals surface area (Å²) in [5.74, 6) is -0.176. The number of anilines is 2. The molecule has 27 heavy (non-hydrogen) atoms. The highest BCUT2D eigenvalue weighted by Gasteiger charge is 2.32. The van der Waals surface area contributed by atoms with Crippen LogP contribution in [0.15, 0.2) is 12.3 Å². The van der Waals surface area contributed by atoms with Gasteiger partial charge in [0.2, 0.25) is 0 Å². The zero-order valence-corrected chi connectivity index (χ0v) is 16.4. The summed E-state index contributed by atoms with van der Waals surface area (Å²) >= 11 is 0. The predicted octanol–water partition coefficient (Wildman–Crippen LogP) is 3.34. The molecule has 148 valence electrons. The number of piperidine rings is 2. The molecule has 3 rings (SSSR count). The first-order valence-corrected chi connectivity index (χ1v) is 9.87. The van der Waals surface area contributed by atoms with E-state index in [0.717, 1.165) is 17.9 Å². The van der Waals surface area contributed by atoms with E-state index in [9.17, 15) is 14.7 Å². The minimum absolute atomic E-state index is 0.174. The third kappa shape index (κ3) is 4.51. The molecule has 0 saturated carbocycles. The molecule has 3 heterocycles. The topological polar surface area (TPSA) is 85.8 Å². The molecule has 3 unspecified atom stereocenters. The molecule has 2 amide bonds. The average molecular weight is 374 g/mol. The number of nitrogens with one attached hydrogen (secondary N) is 1. The number of likely N-dealkylation sites (tertiary alicyclic amines) is 1. The Hall–Kier alpha value is -2.31. The highest BCUT2D eigenvalue weighted by molar-refractivity contribution is 5.90. The average Bonchev–Trinajstić information content (AvgIpc) is 2.62. The zero-order valence-electron chi connectivity index (χ0n) is 16.4. The van der Waals surface area contributed by atoms with Gasteiger partial charge in [0.05, 0.1) is 17.8 Å². The Labute approximate surface area is 160 Å². The van der Waals surface area contributed by atoms with Gasteiger partial charge in [0.1, 0.15) is 5.82 Å². The lowest BCUT2D eigenvalue weighted by Gasteiger charge is -2.36. The highest BCUT2D eigenvalue weighted by atomic mass is 16.4. The van der Waals surface area contributed by atoms with Crippen molar-refractivity contribution in [2.45, 2.75) is 52.5 Å². The molecule has 0 radical (unpaired) electrons. The number of aliphatic carboxylic acids is 1. The number of hydrogen-bond donors (Lipinski definition) is 2. The number of carboxylic acids is 1. The normalized spacial score (nSPS) is 26.0. The molecule has 2 fully saturated rings. The lowest BCUT2D eigenvalue weighted by molar-refractivity contribution is -0.143. The van der Waals surface area contributed by atoms with Gasteiger partial charge < -0.3 is 20.2 Å². The van der Waals surface area contributed by atoms with Crippen LogP contribution in [0.1, 0.15) is 45.1 Å². The van der Waals surface area contributed by atoms with Crippen LogP contribution in [-0.2, 0) is 4.79 Å². The molecule has 7 nitrogen and oxygen atoms in total. The third-order valence-electron chi connectivity index (χ3n) is 5.67. The van der Waals surface area contributed by atoms with E-state index in [1.165, 1.54) is 19.3 Å². The smallest absolute Gasteiger partial charge is 0.321 e. The van der Waals surface area contributed by atoms with Crippen molar-refractivity contribution in [3.05, 3.63) is 17.8 Å². The van der Waals surface area contributed by atoms with Crippen LogP contribution >= 0.6 is 0 Å². The van der Waals surface area contributed by atoms with Gasteiger partial charge in [0, 0.05) is 25.7 Å². The number of aromatic nitrogens is 1. The number of rotatable bonds is 3. The van der Waals surface area contributed by atoms with E-state index in [1.807, 2.05) is 19.9 Å². The second kappa shape index (κ2) is 8.15. The van der Waals surface area contributed by atoms with Crippen LogP contribution in [-0.4, -0.2) is 52.7 Å². The largest absolute Gasteiger partial charge is 0.481 e. The summed E-state index contributed by atoms with van der Waals surface area (Å²) in [6.07, 6.45) is 5.93. The van der Waals surface area contributed by atoms with Crippen molar-refractivity contribution in [2.24, 2.45) is 11.8 Å². The molecular weight excluding hydrogens is 344 g/mol. The van der Waals surface area contributed by atoms with E-state index in [4.69, 9.17) is 0 Å². The summed E-state index contributed by atoms with van der Waals surface area (Å²) < 4.78 is 0. The first-order valence-electron chi connectivity index (χ1n) is 9.87. The number of urea groups is 1. The van der Waals surface area contributed by atoms with Crippen molar-refractivity contribution in [3.63, 3.8) is 0 Å². The maximum Gasteiger partial charge on any atom is 0.321 e. The van der Waals surface area contributed by atoms with E-state index < -0.39 is 11.9 Å². The molecule has 0 aliphatic carbocycles. The van der Waals surface area contributed by atoms with Crippen LogP contribution in [0.5, 0.6) is 0 Å². The summed E-state index contributed by atoms with van der Waals surface area (Å²) in [4.78, 5) is 32.5. The number of carbonyl (C=O) groups is 2. The van der Waals surface area contributed by atoms with Gasteiger partial charge in [-0.25, -0.2) is 9.78 Å². The maximum absolute atomic E-state index is 12.6. The van der Waals surface area contributed by atoms with Crippen molar-refractivity contribution in [1.29, 1.82) is 0 Å². The van der Waals surface area contributed by atoms with Crippen molar-refractivity contribution >= 4 is 23.5 Å². The van der Waals surface area contributed by atoms with Crippen LogP contribution in [0.3, 0.4) is 0 Å². The fourth-order valence-electron chi connectivity index (χ4n) is 4.25. The van der Waals surface area contributed by atoms with Gasteiger partial charge in [-0.2, -0.15) is 0 Å². The molecule has 2 aliphatic rings. The summed E-state index contributed by atoms with van der Waals surface area (Å²) in [5, 5.41) is 12.2. The van der Waals surface area contributed by atoms with Crippen LogP contribution in [0, 0.1) is 18.8 Å². The minimum Gasteiger partial charge on any atom is -0.481 e. The summed E-state index contributed by atoms with van der Waals surface area (Å²) in [6, 6.07) is 2.17.